The lowest BCUT2D eigenvalue weighted by molar-refractivity contribution is 0.0460. The van der Waals surface area contributed by atoms with Crippen LogP contribution in [0.15, 0.2) is 52.1 Å². The number of aliphatic hydroxyl groups is 1. The van der Waals surface area contributed by atoms with Gasteiger partial charge in [0.25, 0.3) is 5.56 Å². The Morgan fingerprint density at radius 2 is 1.67 bits per heavy atom. The second-order valence-electron chi connectivity index (χ2n) is 12.0. The molecular weight excluding hydrogens is 620 g/mol. The highest BCUT2D eigenvalue weighted by Crippen LogP contribution is 2.39. The number of primary amides is 1. The smallest absolute Gasteiger partial charge is 0.343 e. The fourth-order valence-corrected chi connectivity index (χ4v) is 6.26. The number of aliphatic hydroxyl groups excluding tert-OH is 1. The number of hydroxylamine groups is 1. The first-order valence-corrected chi connectivity index (χ1v) is 15.3. The van der Waals surface area contributed by atoms with Gasteiger partial charge < -0.3 is 15.6 Å². The first-order chi connectivity index (χ1) is 21.7. The van der Waals surface area contributed by atoms with Crippen molar-refractivity contribution in [3.63, 3.8) is 0 Å². The van der Waals surface area contributed by atoms with E-state index in [1.54, 1.807) is 52.1 Å². The number of benzene rings is 2. The zero-order chi connectivity index (χ0) is 33.9. The summed E-state index contributed by atoms with van der Waals surface area (Å²) in [7, 11) is 4.74. The minimum Gasteiger partial charge on any atom is -0.391 e. The molecule has 1 atom stereocenters. The fourth-order valence-electron chi connectivity index (χ4n) is 4.96. The van der Waals surface area contributed by atoms with Crippen molar-refractivity contribution < 1.29 is 28.3 Å². The Hall–Kier alpha value is -3.95. The quantitative estimate of drug-likeness (QED) is 0.219. The third kappa shape index (κ3) is 7.21. The average Bonchev–Trinajstić information content (AvgIpc) is 3.36. The van der Waals surface area contributed by atoms with Crippen LogP contribution in [0.3, 0.4) is 0 Å². The van der Waals surface area contributed by atoms with Gasteiger partial charge in [-0.1, -0.05) is 39.0 Å². The molecule has 4 aromatic rings. The number of rotatable bonds is 12. The van der Waals surface area contributed by atoms with E-state index in [0.29, 0.717) is 34.8 Å². The number of thiophene rings is 1. The van der Waals surface area contributed by atoms with E-state index in [2.05, 4.69) is 0 Å². The maximum absolute atomic E-state index is 14.9. The molecule has 0 aliphatic rings. The zero-order valence-corrected chi connectivity index (χ0v) is 27.5. The van der Waals surface area contributed by atoms with Crippen LogP contribution >= 0.6 is 11.3 Å². The number of methoxy groups -OCH3 is 1. The van der Waals surface area contributed by atoms with Crippen LogP contribution in [0.25, 0.3) is 20.7 Å². The summed E-state index contributed by atoms with van der Waals surface area (Å²) in [6.45, 7) is 5.72. The maximum Gasteiger partial charge on any atom is 0.343 e. The molecule has 3 N–H and O–H groups in total. The average molecular weight is 660 g/mol. The van der Waals surface area contributed by atoms with Gasteiger partial charge >= 0.3 is 11.7 Å². The number of ether oxygens (including phenoxy) is 1. The number of anilines is 1. The van der Waals surface area contributed by atoms with Crippen molar-refractivity contribution in [1.82, 2.24) is 14.0 Å². The highest BCUT2D eigenvalue weighted by atomic mass is 32.1. The SMILES string of the molecule is COCCN(C)Cc1c(-c2ccc(N(OC)C(N)=O)cc2)sc2c1c(=O)n(CC(O)C(C)(C)C)c(=O)n2Cc1c(F)cccc1F. The van der Waals surface area contributed by atoms with Crippen LogP contribution in [-0.2, 0) is 29.2 Å². The van der Waals surface area contributed by atoms with Gasteiger partial charge in [0, 0.05) is 30.6 Å². The zero-order valence-electron chi connectivity index (χ0n) is 26.7. The summed E-state index contributed by atoms with van der Waals surface area (Å²) in [6.07, 6.45) is -1.08. The summed E-state index contributed by atoms with van der Waals surface area (Å²) >= 11 is 1.14. The van der Waals surface area contributed by atoms with Gasteiger partial charge in [-0.2, -0.15) is 5.06 Å². The second-order valence-corrected chi connectivity index (χ2v) is 13.0. The highest BCUT2D eigenvalue weighted by Gasteiger charge is 2.29. The second kappa shape index (κ2) is 14.2. The molecule has 2 heterocycles. The van der Waals surface area contributed by atoms with Gasteiger partial charge in [0.05, 0.1) is 44.0 Å². The van der Waals surface area contributed by atoms with E-state index in [1.807, 2.05) is 11.9 Å². The first kappa shape index (κ1) is 34.9. The van der Waals surface area contributed by atoms with Crippen LogP contribution in [-0.4, -0.2) is 65.7 Å². The lowest BCUT2D eigenvalue weighted by Gasteiger charge is -2.26. The van der Waals surface area contributed by atoms with E-state index in [4.69, 9.17) is 15.3 Å². The normalized spacial score (nSPS) is 12.7. The van der Waals surface area contributed by atoms with Crippen molar-refractivity contribution in [3.8, 4) is 10.4 Å². The van der Waals surface area contributed by atoms with Gasteiger partial charge in [-0.15, -0.1) is 11.3 Å². The number of carbonyl (C=O) groups excluding carboxylic acids is 1. The van der Waals surface area contributed by atoms with Crippen LogP contribution in [0, 0.1) is 17.0 Å². The van der Waals surface area contributed by atoms with Crippen molar-refractivity contribution >= 4 is 33.3 Å². The number of fused-ring (bicyclic) bond motifs is 1. The number of halogens is 2. The summed E-state index contributed by atoms with van der Waals surface area (Å²) in [4.78, 5) is 47.9. The van der Waals surface area contributed by atoms with Crippen LogP contribution in [0.1, 0.15) is 31.9 Å². The molecule has 4 rings (SSSR count). The van der Waals surface area contributed by atoms with Gasteiger partial charge in [0.1, 0.15) is 16.5 Å². The summed E-state index contributed by atoms with van der Waals surface area (Å²) in [5, 5.41) is 12.1. The molecule has 0 radical (unpaired) electrons. The van der Waals surface area contributed by atoms with Gasteiger partial charge in [-0.25, -0.2) is 18.4 Å². The van der Waals surface area contributed by atoms with Crippen LogP contribution in [0.2, 0.25) is 0 Å². The Bertz CT molecular complexity index is 1810. The number of carbonyl (C=O) groups is 1. The van der Waals surface area contributed by atoms with Crippen molar-refractivity contribution in [3.05, 3.63) is 86.1 Å². The Morgan fingerprint density at radius 1 is 1.04 bits per heavy atom. The molecule has 0 fully saturated rings. The van der Waals surface area contributed by atoms with E-state index in [-0.39, 0.29) is 28.9 Å². The van der Waals surface area contributed by atoms with Crippen molar-refractivity contribution in [2.24, 2.45) is 11.1 Å². The van der Waals surface area contributed by atoms with Crippen LogP contribution in [0.4, 0.5) is 19.3 Å². The molecule has 14 heteroatoms. The molecule has 0 bridgehead atoms. The van der Waals surface area contributed by atoms with Gasteiger partial charge in [-0.3, -0.25) is 23.7 Å². The third-order valence-electron chi connectivity index (χ3n) is 7.74. The van der Waals surface area contributed by atoms with E-state index in [0.717, 1.165) is 33.1 Å². The third-order valence-corrected chi connectivity index (χ3v) is 9.04. The molecule has 0 aliphatic heterocycles. The number of urea groups is 1. The fraction of sp³-hybridized carbons (Fsp3) is 0.406. The molecule has 2 aromatic heterocycles. The molecule has 0 aliphatic carbocycles. The lowest BCUT2D eigenvalue weighted by atomic mass is 9.89. The monoisotopic (exact) mass is 659 g/mol. The molecule has 1 unspecified atom stereocenters. The molecule has 2 aromatic carbocycles. The molecule has 11 nitrogen and oxygen atoms in total. The molecular formula is C32H39F2N5O6S. The van der Waals surface area contributed by atoms with Crippen LogP contribution < -0.4 is 22.0 Å². The van der Waals surface area contributed by atoms with E-state index < -0.39 is 47.0 Å². The van der Waals surface area contributed by atoms with E-state index in [1.165, 1.54) is 17.7 Å². The molecule has 2 amide bonds. The summed E-state index contributed by atoms with van der Waals surface area (Å²) in [5.74, 6) is -1.67. The summed E-state index contributed by atoms with van der Waals surface area (Å²) in [6, 6.07) is 9.29. The Kier molecular flexibility index (Phi) is 10.8. The number of hydrogen-bond acceptors (Lipinski definition) is 8. The Balaban J connectivity index is 2.05. The largest absolute Gasteiger partial charge is 0.391 e. The predicted molar refractivity (Wildman–Crippen MR) is 174 cm³/mol. The number of hydrogen-bond donors (Lipinski definition) is 2. The minimum atomic E-state index is -1.08. The van der Waals surface area contributed by atoms with Crippen LogP contribution in [0.5, 0.6) is 0 Å². The van der Waals surface area contributed by atoms with Crippen molar-refractivity contribution in [1.29, 1.82) is 0 Å². The molecule has 0 spiro atoms. The Morgan fingerprint density at radius 3 is 2.22 bits per heavy atom. The van der Waals surface area contributed by atoms with E-state index in [9.17, 15) is 28.3 Å². The number of likely N-dealkylation sites (N-methyl/N-ethyl adjacent to an activating group) is 1. The number of nitrogens with two attached hydrogens (primary N) is 1. The number of nitrogens with zero attached hydrogens (tertiary/aromatic N) is 4. The van der Waals surface area contributed by atoms with E-state index >= 15 is 0 Å². The molecule has 46 heavy (non-hydrogen) atoms. The lowest BCUT2D eigenvalue weighted by Crippen LogP contribution is -2.45. The summed E-state index contributed by atoms with van der Waals surface area (Å²) in [5.41, 5.74) is 4.57. The maximum atomic E-state index is 14.9. The highest BCUT2D eigenvalue weighted by molar-refractivity contribution is 7.22. The van der Waals surface area contributed by atoms with Gasteiger partial charge in [0.2, 0.25) is 0 Å². The molecule has 0 saturated heterocycles. The number of amides is 2. The van der Waals surface area contributed by atoms with Crippen molar-refractivity contribution in [2.45, 2.75) is 46.5 Å². The molecule has 248 valence electrons. The first-order valence-electron chi connectivity index (χ1n) is 14.5. The summed E-state index contributed by atoms with van der Waals surface area (Å²) < 4.78 is 37.2. The van der Waals surface area contributed by atoms with Gasteiger partial charge in [0.15, 0.2) is 0 Å². The Labute approximate surface area is 268 Å². The minimum absolute atomic E-state index is 0.196. The topological polar surface area (TPSA) is 132 Å². The number of aromatic nitrogens is 2. The predicted octanol–water partition coefficient (Wildman–Crippen LogP) is 4.15. The standard InChI is InChI=1S/C32H39F2N5O6S/c1-32(2,3)25(40)18-37-28(41)26-22(16-36(4)14-15-44-5)27(19-10-12-20(13-11-19)39(45-6)30(35)42)46-29(26)38(31(37)43)17-21-23(33)8-7-9-24(21)34/h7-13,25,40H,14-18H2,1-6H3,(H2,35,42). The van der Waals surface area contributed by atoms with Crippen molar-refractivity contribution in [2.75, 3.05) is 39.5 Å². The van der Waals surface area contributed by atoms with Gasteiger partial charge in [-0.05, 0) is 47.9 Å². The molecule has 0 saturated carbocycles.